The summed E-state index contributed by atoms with van der Waals surface area (Å²) in [6.45, 7) is 10.5. The number of nitrogens with two attached hydrogens (primary N) is 1. The Hall–Kier alpha value is -1.13. The Morgan fingerprint density at radius 1 is 1.20 bits per heavy atom. The van der Waals surface area contributed by atoms with E-state index in [1.807, 2.05) is 13.0 Å². The predicted octanol–water partition coefficient (Wildman–Crippen LogP) is 2.77. The maximum atomic E-state index is 13.4. The van der Waals surface area contributed by atoms with Gasteiger partial charge in [0.2, 0.25) is 0 Å². The van der Waals surface area contributed by atoms with E-state index >= 15 is 0 Å². The third kappa shape index (κ3) is 3.30. The summed E-state index contributed by atoms with van der Waals surface area (Å²) in [6.07, 6.45) is 1.18. The molecule has 0 spiro atoms. The Morgan fingerprint density at radius 3 is 2.40 bits per heavy atom. The highest BCUT2D eigenvalue weighted by molar-refractivity contribution is 5.55. The fraction of sp³-hybridized carbons (Fsp3) is 0.625. The summed E-state index contributed by atoms with van der Waals surface area (Å²) in [4.78, 5) is 4.85. The van der Waals surface area contributed by atoms with E-state index in [1.165, 1.54) is 12.5 Å². The Bertz CT molecular complexity index is 439. The zero-order chi connectivity index (χ0) is 14.7. The number of anilines is 1. The molecule has 1 fully saturated rings. The number of nitrogens with zero attached hydrogens (tertiary/aromatic N) is 2. The van der Waals surface area contributed by atoms with Crippen LogP contribution in [0, 0.1) is 5.82 Å². The van der Waals surface area contributed by atoms with Crippen LogP contribution in [0.1, 0.15) is 38.8 Å². The van der Waals surface area contributed by atoms with Crippen LogP contribution in [-0.2, 0) is 0 Å². The second-order valence-corrected chi connectivity index (χ2v) is 5.77. The predicted molar refractivity (Wildman–Crippen MR) is 82.5 cm³/mol. The molecule has 0 amide bonds. The molecular weight excluding hydrogens is 253 g/mol. The molecule has 0 aromatic heterocycles. The van der Waals surface area contributed by atoms with Crippen molar-refractivity contribution in [2.45, 2.75) is 39.3 Å². The van der Waals surface area contributed by atoms with Crippen molar-refractivity contribution in [2.75, 3.05) is 31.1 Å². The van der Waals surface area contributed by atoms with Gasteiger partial charge in [-0.3, -0.25) is 4.90 Å². The highest BCUT2D eigenvalue weighted by atomic mass is 19.1. The van der Waals surface area contributed by atoms with E-state index in [0.29, 0.717) is 6.04 Å². The SMILES string of the molecule is CCC(C)N1CCN(c2ccc(F)cc2[C@H](C)N)CC1. The van der Waals surface area contributed by atoms with Crippen LogP contribution in [0.4, 0.5) is 10.1 Å². The van der Waals surface area contributed by atoms with E-state index in [0.717, 1.165) is 37.4 Å². The standard InChI is InChI=1S/C16H26FN3/c1-4-12(2)19-7-9-20(10-8-19)16-6-5-14(17)11-15(16)13(3)18/h5-6,11-13H,4,7-10,18H2,1-3H3/t12?,13-/m0/s1. The van der Waals surface area contributed by atoms with Crippen LogP contribution in [0.3, 0.4) is 0 Å². The molecule has 3 nitrogen and oxygen atoms in total. The molecule has 1 aromatic rings. The number of rotatable bonds is 4. The molecule has 2 rings (SSSR count). The maximum absolute atomic E-state index is 13.4. The molecule has 1 aromatic carbocycles. The molecule has 1 heterocycles. The number of halogens is 1. The summed E-state index contributed by atoms with van der Waals surface area (Å²) in [7, 11) is 0. The zero-order valence-corrected chi connectivity index (χ0v) is 12.8. The van der Waals surface area contributed by atoms with Crippen molar-refractivity contribution < 1.29 is 4.39 Å². The van der Waals surface area contributed by atoms with Gasteiger partial charge < -0.3 is 10.6 Å². The summed E-state index contributed by atoms with van der Waals surface area (Å²) < 4.78 is 13.4. The zero-order valence-electron chi connectivity index (χ0n) is 12.8. The third-order valence-electron chi connectivity index (χ3n) is 4.35. The van der Waals surface area contributed by atoms with Gasteiger partial charge in [0.1, 0.15) is 5.82 Å². The number of benzene rings is 1. The molecule has 1 aliphatic heterocycles. The number of hydrogen-bond acceptors (Lipinski definition) is 3. The van der Waals surface area contributed by atoms with Crippen molar-refractivity contribution in [2.24, 2.45) is 5.73 Å². The summed E-state index contributed by atoms with van der Waals surface area (Å²) >= 11 is 0. The minimum absolute atomic E-state index is 0.145. The monoisotopic (exact) mass is 279 g/mol. The van der Waals surface area contributed by atoms with Crippen molar-refractivity contribution in [1.29, 1.82) is 0 Å². The number of piperazine rings is 1. The highest BCUT2D eigenvalue weighted by Gasteiger charge is 2.22. The first-order chi connectivity index (χ1) is 9.52. The molecule has 2 N–H and O–H groups in total. The molecule has 1 saturated heterocycles. The molecule has 20 heavy (non-hydrogen) atoms. The van der Waals surface area contributed by atoms with Crippen LogP contribution in [0.5, 0.6) is 0 Å². The first-order valence-electron chi connectivity index (χ1n) is 7.57. The van der Waals surface area contributed by atoms with E-state index in [4.69, 9.17) is 5.73 Å². The van der Waals surface area contributed by atoms with Crippen LogP contribution in [-0.4, -0.2) is 37.1 Å². The van der Waals surface area contributed by atoms with Gasteiger partial charge in [-0.05, 0) is 44.0 Å². The Labute approximate surface area is 121 Å². The molecule has 0 bridgehead atoms. The van der Waals surface area contributed by atoms with Crippen molar-refractivity contribution in [3.8, 4) is 0 Å². The van der Waals surface area contributed by atoms with E-state index in [1.54, 1.807) is 6.07 Å². The Balaban J connectivity index is 2.11. The van der Waals surface area contributed by atoms with E-state index in [9.17, 15) is 4.39 Å². The lowest BCUT2D eigenvalue weighted by Crippen LogP contribution is -2.49. The van der Waals surface area contributed by atoms with E-state index in [-0.39, 0.29) is 11.9 Å². The average molecular weight is 279 g/mol. The lowest BCUT2D eigenvalue weighted by atomic mass is 10.0. The van der Waals surface area contributed by atoms with Crippen LogP contribution < -0.4 is 10.6 Å². The van der Waals surface area contributed by atoms with Gasteiger partial charge in [0, 0.05) is 44.0 Å². The largest absolute Gasteiger partial charge is 0.369 e. The third-order valence-corrected chi connectivity index (χ3v) is 4.35. The summed E-state index contributed by atoms with van der Waals surface area (Å²) in [5.74, 6) is -0.209. The van der Waals surface area contributed by atoms with E-state index in [2.05, 4.69) is 23.6 Å². The van der Waals surface area contributed by atoms with Gasteiger partial charge in [0.05, 0.1) is 0 Å². The first-order valence-corrected chi connectivity index (χ1v) is 7.57. The molecule has 1 aliphatic rings. The molecule has 0 saturated carbocycles. The fourth-order valence-corrected chi connectivity index (χ4v) is 2.84. The van der Waals surface area contributed by atoms with Crippen molar-refractivity contribution in [3.63, 3.8) is 0 Å². The molecular formula is C16H26FN3. The van der Waals surface area contributed by atoms with Crippen molar-refractivity contribution in [3.05, 3.63) is 29.6 Å². The second kappa shape index (κ2) is 6.55. The quantitative estimate of drug-likeness (QED) is 0.920. The Kier molecular flexibility index (Phi) is 5.00. The first kappa shape index (κ1) is 15.3. The van der Waals surface area contributed by atoms with Gasteiger partial charge in [-0.25, -0.2) is 4.39 Å². The van der Waals surface area contributed by atoms with Crippen LogP contribution in [0.25, 0.3) is 0 Å². The molecule has 0 aliphatic carbocycles. The summed E-state index contributed by atoms with van der Waals surface area (Å²) in [5, 5.41) is 0. The van der Waals surface area contributed by atoms with Crippen LogP contribution in [0.2, 0.25) is 0 Å². The smallest absolute Gasteiger partial charge is 0.123 e. The lowest BCUT2D eigenvalue weighted by Gasteiger charge is -2.39. The van der Waals surface area contributed by atoms with Gasteiger partial charge in [-0.1, -0.05) is 6.92 Å². The molecule has 0 radical (unpaired) electrons. The van der Waals surface area contributed by atoms with Crippen molar-refractivity contribution >= 4 is 5.69 Å². The van der Waals surface area contributed by atoms with Gasteiger partial charge in [-0.2, -0.15) is 0 Å². The highest BCUT2D eigenvalue weighted by Crippen LogP contribution is 2.27. The van der Waals surface area contributed by atoms with Crippen molar-refractivity contribution in [1.82, 2.24) is 4.90 Å². The van der Waals surface area contributed by atoms with E-state index < -0.39 is 0 Å². The minimum atomic E-state index is -0.209. The lowest BCUT2D eigenvalue weighted by molar-refractivity contribution is 0.192. The number of hydrogen-bond donors (Lipinski definition) is 1. The van der Waals surface area contributed by atoms with Gasteiger partial charge in [0.25, 0.3) is 0 Å². The Morgan fingerprint density at radius 2 is 1.85 bits per heavy atom. The van der Waals surface area contributed by atoms with Crippen LogP contribution >= 0.6 is 0 Å². The topological polar surface area (TPSA) is 32.5 Å². The van der Waals surface area contributed by atoms with Crippen LogP contribution in [0.15, 0.2) is 18.2 Å². The van der Waals surface area contributed by atoms with Gasteiger partial charge >= 0.3 is 0 Å². The molecule has 4 heteroatoms. The molecule has 112 valence electrons. The van der Waals surface area contributed by atoms with Gasteiger partial charge in [-0.15, -0.1) is 0 Å². The summed E-state index contributed by atoms with van der Waals surface area (Å²) in [6, 6.07) is 5.46. The normalized spacial score (nSPS) is 19.9. The average Bonchev–Trinajstić information content (AvgIpc) is 2.46. The summed E-state index contributed by atoms with van der Waals surface area (Å²) in [5.41, 5.74) is 7.98. The van der Waals surface area contributed by atoms with Gasteiger partial charge in [0.15, 0.2) is 0 Å². The molecule has 1 unspecified atom stereocenters. The fourth-order valence-electron chi connectivity index (χ4n) is 2.84. The molecule has 2 atom stereocenters. The minimum Gasteiger partial charge on any atom is -0.369 e. The second-order valence-electron chi connectivity index (χ2n) is 5.77. The maximum Gasteiger partial charge on any atom is 0.123 e.